The van der Waals surface area contributed by atoms with E-state index >= 15 is 0 Å². The third-order valence-electron chi connectivity index (χ3n) is 7.77. The number of hydrogen-bond donors (Lipinski definition) is 1. The lowest BCUT2D eigenvalue weighted by molar-refractivity contribution is -0.385. The fraction of sp³-hybridized carbons (Fsp3) is 0.515. The van der Waals surface area contributed by atoms with E-state index in [1.54, 1.807) is 48.5 Å². The summed E-state index contributed by atoms with van der Waals surface area (Å²) in [5.41, 5.74) is 0.338. The smallest absolute Gasteiger partial charge is 0.295 e. The van der Waals surface area contributed by atoms with Crippen molar-refractivity contribution in [3.63, 3.8) is 0 Å². The van der Waals surface area contributed by atoms with Crippen molar-refractivity contribution in [2.45, 2.75) is 103 Å². The number of amides is 1. The maximum Gasteiger partial charge on any atom is 0.295 e. The Bertz CT molecular complexity index is 1140. The van der Waals surface area contributed by atoms with Gasteiger partial charge in [0, 0.05) is 18.2 Å². The highest BCUT2D eigenvalue weighted by Crippen LogP contribution is 2.42. The lowest BCUT2D eigenvalue weighted by Gasteiger charge is -2.25. The second-order valence-electron chi connectivity index (χ2n) is 10.8. The zero-order valence-corrected chi connectivity index (χ0v) is 23.9. The fourth-order valence-electron chi connectivity index (χ4n) is 5.55. The topological polar surface area (TPSA) is 101 Å². The number of nitro groups is 1. The Morgan fingerprint density at radius 2 is 1.27 bits per heavy atom. The van der Waals surface area contributed by atoms with Crippen molar-refractivity contribution in [3.8, 4) is 0 Å². The van der Waals surface area contributed by atoms with Gasteiger partial charge in [0.05, 0.1) is 22.1 Å². The summed E-state index contributed by atoms with van der Waals surface area (Å²) in [7, 11) is 0. The molecule has 1 N–H and O–H groups in total. The number of hydrogen-bond acceptors (Lipinski definition) is 5. The number of rotatable bonds is 18. The Morgan fingerprint density at radius 1 is 0.775 bits per heavy atom. The average molecular weight is 549 g/mol. The van der Waals surface area contributed by atoms with Gasteiger partial charge in [-0.05, 0) is 12.5 Å². The molecule has 1 heterocycles. The van der Waals surface area contributed by atoms with Gasteiger partial charge >= 0.3 is 0 Å². The number of aliphatic hydroxyl groups excluding tert-OH is 1. The maximum atomic E-state index is 13.2. The van der Waals surface area contributed by atoms with Crippen molar-refractivity contribution >= 4 is 23.1 Å². The first-order valence-corrected chi connectivity index (χ1v) is 15.0. The number of para-hydroxylation sites is 1. The van der Waals surface area contributed by atoms with Crippen LogP contribution in [0.2, 0.25) is 0 Å². The number of nitro benzene ring substituents is 1. The molecular formula is C33H44N2O5. The van der Waals surface area contributed by atoms with Crippen molar-refractivity contribution in [3.05, 3.63) is 81.4 Å². The van der Waals surface area contributed by atoms with Gasteiger partial charge in [0.15, 0.2) is 0 Å². The molecule has 216 valence electrons. The summed E-state index contributed by atoms with van der Waals surface area (Å²) in [6.45, 7) is 2.54. The zero-order valence-electron chi connectivity index (χ0n) is 23.9. The maximum absolute atomic E-state index is 13.2. The van der Waals surface area contributed by atoms with E-state index in [0.29, 0.717) is 18.5 Å². The Balaban J connectivity index is 1.58. The van der Waals surface area contributed by atoms with E-state index in [2.05, 4.69) is 6.92 Å². The summed E-state index contributed by atoms with van der Waals surface area (Å²) >= 11 is 0. The average Bonchev–Trinajstić information content (AvgIpc) is 3.22. The first kappa shape index (κ1) is 31.1. The van der Waals surface area contributed by atoms with Gasteiger partial charge < -0.3 is 10.0 Å². The Hall–Kier alpha value is -3.48. The molecule has 3 rings (SSSR count). The standard InChI is InChI=1S/C33H44N2O5/c1-2-3-4-5-6-7-8-9-10-11-12-13-14-20-25-34-30(27-23-18-19-24-28(27)35(39)40)29(32(37)33(34)38)31(36)26-21-16-15-17-22-26/h15-19,21-24,30,36H,2-14,20,25H2,1H3/b31-29-/t30-/m1/s1. The Kier molecular flexibility index (Phi) is 12.9. The van der Waals surface area contributed by atoms with Crippen LogP contribution in [0.15, 0.2) is 60.2 Å². The summed E-state index contributed by atoms with van der Waals surface area (Å²) in [6, 6.07) is 13.6. The van der Waals surface area contributed by atoms with Gasteiger partial charge in [-0.1, -0.05) is 133 Å². The summed E-state index contributed by atoms with van der Waals surface area (Å²) < 4.78 is 0. The van der Waals surface area contributed by atoms with Crippen molar-refractivity contribution in [1.82, 2.24) is 4.90 Å². The van der Waals surface area contributed by atoms with Gasteiger partial charge in [-0.25, -0.2) is 0 Å². The molecule has 0 unspecified atom stereocenters. The number of benzene rings is 2. The summed E-state index contributed by atoms with van der Waals surface area (Å²) in [4.78, 5) is 39.0. The van der Waals surface area contributed by atoms with Crippen LogP contribution in [0.5, 0.6) is 0 Å². The van der Waals surface area contributed by atoms with E-state index in [0.717, 1.165) is 19.3 Å². The number of ketones is 1. The van der Waals surface area contributed by atoms with Crippen LogP contribution in [0.25, 0.3) is 5.76 Å². The molecule has 7 nitrogen and oxygen atoms in total. The van der Waals surface area contributed by atoms with Crippen LogP contribution in [-0.2, 0) is 9.59 Å². The molecule has 1 saturated heterocycles. The van der Waals surface area contributed by atoms with Gasteiger partial charge in [-0.3, -0.25) is 19.7 Å². The van der Waals surface area contributed by atoms with E-state index in [4.69, 9.17) is 0 Å². The molecule has 1 atom stereocenters. The van der Waals surface area contributed by atoms with Crippen molar-refractivity contribution in [2.24, 2.45) is 0 Å². The van der Waals surface area contributed by atoms with E-state index in [1.807, 2.05) is 0 Å². The van der Waals surface area contributed by atoms with Crippen LogP contribution >= 0.6 is 0 Å². The molecule has 0 saturated carbocycles. The molecule has 0 radical (unpaired) electrons. The van der Waals surface area contributed by atoms with Crippen molar-refractivity contribution in [2.75, 3.05) is 6.54 Å². The van der Waals surface area contributed by atoms with Gasteiger partial charge in [0.25, 0.3) is 17.4 Å². The van der Waals surface area contributed by atoms with Crippen LogP contribution in [0.1, 0.15) is 114 Å². The predicted molar refractivity (Wildman–Crippen MR) is 159 cm³/mol. The molecule has 1 fully saturated rings. The minimum atomic E-state index is -1.01. The highest BCUT2D eigenvalue weighted by atomic mass is 16.6. The van der Waals surface area contributed by atoms with Gasteiger partial charge in [-0.15, -0.1) is 0 Å². The molecule has 1 aliphatic rings. The summed E-state index contributed by atoms with van der Waals surface area (Å²) in [5, 5.41) is 22.9. The van der Waals surface area contributed by atoms with Gasteiger partial charge in [0.1, 0.15) is 5.76 Å². The van der Waals surface area contributed by atoms with Crippen LogP contribution in [0.4, 0.5) is 5.69 Å². The van der Waals surface area contributed by atoms with E-state index in [1.165, 1.54) is 75.2 Å². The van der Waals surface area contributed by atoms with Crippen molar-refractivity contribution < 1.29 is 19.6 Å². The van der Waals surface area contributed by atoms with E-state index < -0.39 is 22.7 Å². The summed E-state index contributed by atoms with van der Waals surface area (Å²) in [6.07, 6.45) is 16.9. The third-order valence-corrected chi connectivity index (χ3v) is 7.77. The third kappa shape index (κ3) is 8.51. The second-order valence-corrected chi connectivity index (χ2v) is 10.8. The number of unbranched alkanes of at least 4 members (excludes halogenated alkanes) is 13. The zero-order chi connectivity index (χ0) is 28.7. The van der Waals surface area contributed by atoms with Crippen LogP contribution < -0.4 is 0 Å². The van der Waals surface area contributed by atoms with E-state index in [9.17, 15) is 24.8 Å². The normalized spacial score (nSPS) is 16.5. The lowest BCUT2D eigenvalue weighted by Crippen LogP contribution is -2.31. The molecule has 40 heavy (non-hydrogen) atoms. The second kappa shape index (κ2) is 16.6. The number of nitrogens with zero attached hydrogens (tertiary/aromatic N) is 2. The molecule has 0 bridgehead atoms. The first-order chi connectivity index (χ1) is 19.5. The van der Waals surface area contributed by atoms with Crippen molar-refractivity contribution in [1.29, 1.82) is 0 Å². The van der Waals surface area contributed by atoms with Crippen LogP contribution in [0, 0.1) is 10.1 Å². The minimum Gasteiger partial charge on any atom is -0.507 e. The molecule has 1 amide bonds. The van der Waals surface area contributed by atoms with Gasteiger partial charge in [-0.2, -0.15) is 0 Å². The molecular weight excluding hydrogens is 504 g/mol. The number of aliphatic hydroxyl groups is 1. The number of carbonyl (C=O) groups excluding carboxylic acids is 2. The SMILES string of the molecule is CCCCCCCCCCCCCCCCN1C(=O)C(=O)/C(=C(\O)c2ccccc2)[C@H]1c1ccccc1[N+](=O)[O-]. The largest absolute Gasteiger partial charge is 0.507 e. The molecule has 1 aliphatic heterocycles. The molecule has 2 aromatic carbocycles. The lowest BCUT2D eigenvalue weighted by atomic mass is 9.94. The fourth-order valence-corrected chi connectivity index (χ4v) is 5.55. The number of carbonyl (C=O) groups is 2. The highest BCUT2D eigenvalue weighted by Gasteiger charge is 2.47. The van der Waals surface area contributed by atoms with Crippen LogP contribution in [-0.4, -0.2) is 33.2 Å². The Labute approximate surface area is 238 Å². The molecule has 0 spiro atoms. The van der Waals surface area contributed by atoms with Gasteiger partial charge in [0.2, 0.25) is 0 Å². The predicted octanol–water partition coefficient (Wildman–Crippen LogP) is 8.50. The molecule has 7 heteroatoms. The molecule has 2 aromatic rings. The Morgan fingerprint density at radius 3 is 1.82 bits per heavy atom. The minimum absolute atomic E-state index is 0.101. The molecule has 0 aliphatic carbocycles. The monoisotopic (exact) mass is 548 g/mol. The number of Topliss-reactive ketones (excluding diaryl/α,β-unsaturated/α-hetero) is 1. The highest BCUT2D eigenvalue weighted by molar-refractivity contribution is 6.46. The number of likely N-dealkylation sites (tertiary alicyclic amines) is 1. The van der Waals surface area contributed by atoms with E-state index in [-0.39, 0.29) is 22.6 Å². The summed E-state index contributed by atoms with van der Waals surface area (Å²) in [5.74, 6) is -1.85. The first-order valence-electron chi connectivity index (χ1n) is 15.0. The van der Waals surface area contributed by atoms with Crippen LogP contribution in [0.3, 0.4) is 0 Å². The quantitative estimate of drug-likeness (QED) is 0.0502. The molecule has 0 aromatic heterocycles.